The van der Waals surface area contributed by atoms with E-state index in [2.05, 4.69) is 32.9 Å². The van der Waals surface area contributed by atoms with E-state index in [1.54, 1.807) is 6.08 Å². The van der Waals surface area contributed by atoms with E-state index in [0.717, 1.165) is 18.4 Å². The fourth-order valence-electron chi connectivity index (χ4n) is 1.62. The van der Waals surface area contributed by atoms with Gasteiger partial charge in [0.1, 0.15) is 6.61 Å². The van der Waals surface area contributed by atoms with Gasteiger partial charge in [-0.1, -0.05) is 23.3 Å². The van der Waals surface area contributed by atoms with Crippen molar-refractivity contribution in [2.45, 2.75) is 60.0 Å². The second kappa shape index (κ2) is 10.4. The molecule has 114 valence electrons. The van der Waals surface area contributed by atoms with Crippen LogP contribution in [0, 0.1) is 0 Å². The van der Waals surface area contributed by atoms with Crippen LogP contribution in [-0.4, -0.2) is 23.8 Å². The van der Waals surface area contributed by atoms with Crippen molar-refractivity contribution >= 4 is 5.97 Å². The molecule has 0 bridgehead atoms. The number of carbonyl (C=O) groups is 1. The number of aliphatic hydroxyl groups is 1. The molecule has 3 nitrogen and oxygen atoms in total. The molecule has 0 unspecified atom stereocenters. The van der Waals surface area contributed by atoms with Crippen LogP contribution in [0.2, 0.25) is 0 Å². The maximum absolute atomic E-state index is 10.6. The Morgan fingerprint density at radius 1 is 1.10 bits per heavy atom. The van der Waals surface area contributed by atoms with Crippen molar-refractivity contribution < 1.29 is 14.6 Å². The molecule has 0 aliphatic carbocycles. The number of aliphatic hydroxyl groups excluding tert-OH is 1. The number of rotatable bonds is 8. The molecule has 0 amide bonds. The van der Waals surface area contributed by atoms with E-state index in [9.17, 15) is 9.90 Å². The summed E-state index contributed by atoms with van der Waals surface area (Å²) in [6, 6.07) is 0. The lowest BCUT2D eigenvalue weighted by Crippen LogP contribution is -2.08. The Bertz CT molecular complexity index is 385. The van der Waals surface area contributed by atoms with E-state index >= 15 is 0 Å². The molecule has 0 radical (unpaired) electrons. The van der Waals surface area contributed by atoms with Crippen LogP contribution < -0.4 is 0 Å². The fourth-order valence-corrected chi connectivity index (χ4v) is 1.62. The highest BCUT2D eigenvalue weighted by Gasteiger charge is 2.04. The summed E-state index contributed by atoms with van der Waals surface area (Å²) in [4.78, 5) is 10.6. The van der Waals surface area contributed by atoms with Crippen LogP contribution in [0.15, 0.2) is 34.9 Å². The first kappa shape index (κ1) is 18.7. The molecule has 3 heteroatoms. The highest BCUT2D eigenvalue weighted by molar-refractivity contribution is 5.66. The number of hydrogen-bond acceptors (Lipinski definition) is 3. The summed E-state index contributed by atoms with van der Waals surface area (Å²) in [5.41, 5.74) is 3.45. The van der Waals surface area contributed by atoms with Crippen LogP contribution in [0.4, 0.5) is 0 Å². The zero-order chi connectivity index (χ0) is 15.5. The molecule has 0 fully saturated rings. The lowest BCUT2D eigenvalue weighted by molar-refractivity contribution is -0.139. The van der Waals surface area contributed by atoms with Crippen LogP contribution in [0.5, 0.6) is 0 Å². The zero-order valence-corrected chi connectivity index (χ0v) is 13.4. The zero-order valence-electron chi connectivity index (χ0n) is 13.4. The number of hydrogen-bond donors (Lipinski definition) is 1. The summed E-state index contributed by atoms with van der Waals surface area (Å²) in [6.07, 6.45) is 8.20. The largest absolute Gasteiger partial charge is 0.462 e. The average Bonchev–Trinajstić information content (AvgIpc) is 2.34. The molecule has 0 aromatic rings. The third kappa shape index (κ3) is 10.6. The molecule has 0 aliphatic heterocycles. The predicted molar refractivity (Wildman–Crippen MR) is 83.4 cm³/mol. The topological polar surface area (TPSA) is 46.5 Å². The maximum atomic E-state index is 10.6. The van der Waals surface area contributed by atoms with E-state index < -0.39 is 6.10 Å². The Morgan fingerprint density at radius 3 is 2.30 bits per heavy atom. The summed E-state index contributed by atoms with van der Waals surface area (Å²) >= 11 is 0. The van der Waals surface area contributed by atoms with Gasteiger partial charge in [0.2, 0.25) is 0 Å². The first-order chi connectivity index (χ1) is 9.32. The maximum Gasteiger partial charge on any atom is 0.302 e. The SMILES string of the molecule is CC(=O)OC/C=C(\C)[C@H](O)C/C=C(\C)CCC=C(C)C. The Labute approximate surface area is 123 Å². The van der Waals surface area contributed by atoms with Gasteiger partial charge >= 0.3 is 5.97 Å². The van der Waals surface area contributed by atoms with E-state index in [1.807, 2.05) is 6.92 Å². The molecule has 0 aliphatic rings. The lowest BCUT2D eigenvalue weighted by atomic mass is 10.0. The van der Waals surface area contributed by atoms with Crippen LogP contribution in [0.3, 0.4) is 0 Å². The Hall–Kier alpha value is -1.35. The molecule has 0 rings (SSSR count). The number of ether oxygens (including phenoxy) is 1. The molecule has 20 heavy (non-hydrogen) atoms. The monoisotopic (exact) mass is 280 g/mol. The molecule has 1 N–H and O–H groups in total. The second-order valence-corrected chi connectivity index (χ2v) is 5.37. The van der Waals surface area contributed by atoms with Crippen LogP contribution in [0.1, 0.15) is 53.9 Å². The van der Waals surface area contributed by atoms with Crippen molar-refractivity contribution in [3.8, 4) is 0 Å². The van der Waals surface area contributed by atoms with E-state index in [0.29, 0.717) is 6.42 Å². The van der Waals surface area contributed by atoms with Gasteiger partial charge in [0.15, 0.2) is 0 Å². The van der Waals surface area contributed by atoms with E-state index in [-0.39, 0.29) is 12.6 Å². The second-order valence-electron chi connectivity index (χ2n) is 5.37. The van der Waals surface area contributed by atoms with Gasteiger partial charge in [0.05, 0.1) is 6.10 Å². The minimum absolute atomic E-state index is 0.224. The van der Waals surface area contributed by atoms with Gasteiger partial charge in [-0.3, -0.25) is 4.79 Å². The van der Waals surface area contributed by atoms with Crippen LogP contribution >= 0.6 is 0 Å². The van der Waals surface area contributed by atoms with Gasteiger partial charge in [-0.25, -0.2) is 0 Å². The number of carbonyl (C=O) groups excluding carboxylic acids is 1. The van der Waals surface area contributed by atoms with Crippen molar-refractivity contribution in [3.63, 3.8) is 0 Å². The van der Waals surface area contributed by atoms with Crippen molar-refractivity contribution in [1.29, 1.82) is 0 Å². The molecule has 0 spiro atoms. The highest BCUT2D eigenvalue weighted by Crippen LogP contribution is 2.12. The van der Waals surface area contributed by atoms with Crippen molar-refractivity contribution in [1.82, 2.24) is 0 Å². The minimum atomic E-state index is -0.510. The van der Waals surface area contributed by atoms with Gasteiger partial charge < -0.3 is 9.84 Å². The summed E-state index contributed by atoms with van der Waals surface area (Å²) in [5, 5.41) is 9.98. The fraction of sp³-hybridized carbons (Fsp3) is 0.588. The first-order valence-electron chi connectivity index (χ1n) is 7.10. The van der Waals surface area contributed by atoms with E-state index in [4.69, 9.17) is 4.74 Å². The van der Waals surface area contributed by atoms with Crippen LogP contribution in [0.25, 0.3) is 0 Å². The van der Waals surface area contributed by atoms with Gasteiger partial charge in [0.25, 0.3) is 0 Å². The minimum Gasteiger partial charge on any atom is -0.462 e. The molecule has 1 atom stereocenters. The molecule has 0 saturated heterocycles. The normalized spacial score (nSPS) is 13.9. The smallest absolute Gasteiger partial charge is 0.302 e. The summed E-state index contributed by atoms with van der Waals surface area (Å²) in [6.45, 7) is 9.73. The Morgan fingerprint density at radius 2 is 1.75 bits per heavy atom. The standard InChI is InChI=1S/C17H28O3/c1-13(2)7-6-8-14(3)9-10-17(19)15(4)11-12-20-16(5)18/h7,9,11,17,19H,6,8,10,12H2,1-5H3/b14-9+,15-11+/t17-/m1/s1. The molecule has 0 aromatic heterocycles. The summed E-state index contributed by atoms with van der Waals surface area (Å²) < 4.78 is 4.82. The van der Waals surface area contributed by atoms with Gasteiger partial charge in [-0.05, 0) is 58.6 Å². The van der Waals surface area contributed by atoms with Gasteiger partial charge in [-0.2, -0.15) is 0 Å². The van der Waals surface area contributed by atoms with Crippen molar-refractivity contribution in [3.05, 3.63) is 34.9 Å². The Balaban J connectivity index is 4.14. The van der Waals surface area contributed by atoms with Gasteiger partial charge in [-0.15, -0.1) is 0 Å². The number of allylic oxidation sites excluding steroid dienone is 3. The highest BCUT2D eigenvalue weighted by atomic mass is 16.5. The van der Waals surface area contributed by atoms with Crippen LogP contribution in [-0.2, 0) is 9.53 Å². The first-order valence-corrected chi connectivity index (χ1v) is 7.10. The average molecular weight is 280 g/mol. The summed E-state index contributed by atoms with van der Waals surface area (Å²) in [7, 11) is 0. The molecular formula is C17H28O3. The molecule has 0 aromatic carbocycles. The van der Waals surface area contributed by atoms with E-state index in [1.165, 1.54) is 18.1 Å². The molecule has 0 saturated carbocycles. The van der Waals surface area contributed by atoms with Crippen molar-refractivity contribution in [2.75, 3.05) is 6.61 Å². The van der Waals surface area contributed by atoms with Gasteiger partial charge in [0, 0.05) is 6.92 Å². The molecular weight excluding hydrogens is 252 g/mol. The third-order valence-corrected chi connectivity index (χ3v) is 3.00. The predicted octanol–water partition coefficient (Wildman–Crippen LogP) is 3.94. The third-order valence-electron chi connectivity index (χ3n) is 3.00. The Kier molecular flexibility index (Phi) is 9.73. The number of esters is 1. The summed E-state index contributed by atoms with van der Waals surface area (Å²) in [5.74, 6) is -0.307. The molecule has 0 heterocycles. The van der Waals surface area contributed by atoms with Crippen molar-refractivity contribution in [2.24, 2.45) is 0 Å². The lowest BCUT2D eigenvalue weighted by Gasteiger charge is -2.10. The quantitative estimate of drug-likeness (QED) is 0.541.